The fourth-order valence-electron chi connectivity index (χ4n) is 2.51. The van der Waals surface area contributed by atoms with E-state index in [0.717, 1.165) is 10.9 Å². The average Bonchev–Trinajstić information content (AvgIpc) is 2.70. The van der Waals surface area contributed by atoms with Gasteiger partial charge in [0.25, 0.3) is 0 Å². The maximum atomic E-state index is 13.7. The van der Waals surface area contributed by atoms with Crippen LogP contribution in [0.25, 0.3) is 22.4 Å². The summed E-state index contributed by atoms with van der Waals surface area (Å²) >= 11 is 0. The molecule has 4 aromatic rings. The normalized spacial score (nSPS) is 11.1. The highest BCUT2D eigenvalue weighted by Gasteiger charge is 2.09. The quantitative estimate of drug-likeness (QED) is 0.444. The van der Waals surface area contributed by atoms with E-state index in [-0.39, 0.29) is 5.82 Å². The van der Waals surface area contributed by atoms with Crippen molar-refractivity contribution in [2.24, 2.45) is 5.10 Å². The number of aromatic nitrogens is 3. The highest BCUT2D eigenvalue weighted by molar-refractivity contribution is 5.91. The second-order valence-electron chi connectivity index (χ2n) is 5.52. The molecular weight excluding hydrogens is 329 g/mol. The van der Waals surface area contributed by atoms with Crippen molar-refractivity contribution < 1.29 is 4.39 Å². The Balaban J connectivity index is 1.73. The van der Waals surface area contributed by atoms with E-state index >= 15 is 0 Å². The van der Waals surface area contributed by atoms with E-state index in [1.54, 1.807) is 24.4 Å². The summed E-state index contributed by atoms with van der Waals surface area (Å²) in [5.74, 6) is 0.691. The predicted octanol–water partition coefficient (Wildman–Crippen LogP) is 4.28. The topological polar surface area (TPSA) is 63.1 Å². The van der Waals surface area contributed by atoms with E-state index in [1.165, 1.54) is 12.3 Å². The zero-order valence-corrected chi connectivity index (χ0v) is 13.7. The maximum Gasteiger partial charge on any atom is 0.180 e. The van der Waals surface area contributed by atoms with Gasteiger partial charge in [-0.15, -0.1) is 0 Å². The number of hydrogen-bond donors (Lipinski definition) is 1. The SMILES string of the molecule is Fc1ccccc1/C=N/Nc1nc(-c2ccccn2)nc2ccccc12. The van der Waals surface area contributed by atoms with Crippen LogP contribution in [-0.2, 0) is 0 Å². The first-order valence-corrected chi connectivity index (χ1v) is 8.03. The fourth-order valence-corrected chi connectivity index (χ4v) is 2.51. The lowest BCUT2D eigenvalue weighted by Gasteiger charge is -2.07. The Hall–Kier alpha value is -3.67. The lowest BCUT2D eigenvalue weighted by atomic mass is 10.2. The summed E-state index contributed by atoms with van der Waals surface area (Å²) in [4.78, 5) is 13.4. The third-order valence-electron chi connectivity index (χ3n) is 3.78. The largest absolute Gasteiger partial charge is 0.261 e. The van der Waals surface area contributed by atoms with Gasteiger partial charge in [-0.1, -0.05) is 36.4 Å². The number of anilines is 1. The van der Waals surface area contributed by atoms with E-state index in [1.807, 2.05) is 42.5 Å². The van der Waals surface area contributed by atoms with Gasteiger partial charge in [0.1, 0.15) is 11.5 Å². The Kier molecular flexibility index (Phi) is 4.30. The number of halogens is 1. The lowest BCUT2D eigenvalue weighted by molar-refractivity contribution is 0.626. The zero-order chi connectivity index (χ0) is 17.8. The van der Waals surface area contributed by atoms with Crippen LogP contribution in [0.5, 0.6) is 0 Å². The summed E-state index contributed by atoms with van der Waals surface area (Å²) in [6, 6.07) is 19.6. The second kappa shape index (κ2) is 7.06. The second-order valence-corrected chi connectivity index (χ2v) is 5.52. The zero-order valence-electron chi connectivity index (χ0n) is 13.7. The first-order chi connectivity index (χ1) is 12.8. The van der Waals surface area contributed by atoms with Crippen LogP contribution in [0, 0.1) is 5.82 Å². The van der Waals surface area contributed by atoms with Gasteiger partial charge in [-0.3, -0.25) is 10.4 Å². The van der Waals surface area contributed by atoms with Crippen LogP contribution in [0.3, 0.4) is 0 Å². The van der Waals surface area contributed by atoms with E-state index in [4.69, 9.17) is 0 Å². The minimum Gasteiger partial charge on any atom is -0.261 e. The number of nitrogens with zero attached hydrogens (tertiary/aromatic N) is 4. The van der Waals surface area contributed by atoms with Crippen molar-refractivity contribution >= 4 is 22.9 Å². The molecule has 0 fully saturated rings. The van der Waals surface area contributed by atoms with Gasteiger partial charge in [0, 0.05) is 17.1 Å². The molecule has 0 aliphatic heterocycles. The van der Waals surface area contributed by atoms with Crippen LogP contribution in [0.4, 0.5) is 10.2 Å². The first-order valence-electron chi connectivity index (χ1n) is 8.03. The molecule has 0 radical (unpaired) electrons. The van der Waals surface area contributed by atoms with Crippen LogP contribution < -0.4 is 5.43 Å². The number of benzene rings is 2. The molecule has 0 amide bonds. The molecule has 0 unspecified atom stereocenters. The van der Waals surface area contributed by atoms with Crippen molar-refractivity contribution in [3.63, 3.8) is 0 Å². The van der Waals surface area contributed by atoms with Crippen molar-refractivity contribution in [3.8, 4) is 11.5 Å². The van der Waals surface area contributed by atoms with Crippen LogP contribution in [0.15, 0.2) is 78.0 Å². The van der Waals surface area contributed by atoms with Crippen molar-refractivity contribution in [1.29, 1.82) is 0 Å². The third-order valence-corrected chi connectivity index (χ3v) is 3.78. The first kappa shape index (κ1) is 15.8. The van der Waals surface area contributed by atoms with Gasteiger partial charge in [-0.25, -0.2) is 14.4 Å². The minimum atomic E-state index is -0.334. The molecule has 126 valence electrons. The summed E-state index contributed by atoms with van der Waals surface area (Å²) in [6.07, 6.45) is 3.12. The molecule has 2 aromatic carbocycles. The van der Waals surface area contributed by atoms with Crippen LogP contribution in [0.2, 0.25) is 0 Å². The number of hydrogen-bond acceptors (Lipinski definition) is 5. The Morgan fingerprint density at radius 3 is 2.54 bits per heavy atom. The van der Waals surface area contributed by atoms with E-state index < -0.39 is 0 Å². The molecule has 5 nitrogen and oxygen atoms in total. The Morgan fingerprint density at radius 1 is 0.885 bits per heavy atom. The molecule has 0 bridgehead atoms. The molecule has 1 N–H and O–H groups in total. The number of fused-ring (bicyclic) bond motifs is 1. The lowest BCUT2D eigenvalue weighted by Crippen LogP contribution is -2.00. The summed E-state index contributed by atoms with van der Waals surface area (Å²) in [5.41, 5.74) is 4.73. The number of hydrazone groups is 1. The van der Waals surface area contributed by atoms with E-state index in [0.29, 0.717) is 22.9 Å². The number of pyridine rings is 1. The van der Waals surface area contributed by atoms with Gasteiger partial charge >= 0.3 is 0 Å². The highest BCUT2D eigenvalue weighted by Crippen LogP contribution is 2.23. The standard InChI is InChI=1S/C20H14FN5/c21-16-9-3-1-7-14(16)13-23-26-19-15-8-2-4-10-17(15)24-20(25-19)18-11-5-6-12-22-18/h1-13H,(H,24,25,26)/b23-13+. The number of nitrogens with one attached hydrogen (secondary N) is 1. The molecule has 26 heavy (non-hydrogen) atoms. The molecule has 0 saturated heterocycles. The Bertz CT molecular complexity index is 1080. The van der Waals surface area contributed by atoms with Crippen molar-refractivity contribution in [2.45, 2.75) is 0 Å². The fraction of sp³-hybridized carbons (Fsp3) is 0. The van der Waals surface area contributed by atoms with Crippen LogP contribution >= 0.6 is 0 Å². The van der Waals surface area contributed by atoms with E-state index in [9.17, 15) is 4.39 Å². The number of para-hydroxylation sites is 1. The Morgan fingerprint density at radius 2 is 1.69 bits per heavy atom. The molecule has 6 heteroatoms. The highest BCUT2D eigenvalue weighted by atomic mass is 19.1. The van der Waals surface area contributed by atoms with Crippen molar-refractivity contribution in [1.82, 2.24) is 15.0 Å². The summed E-state index contributed by atoms with van der Waals surface area (Å²) < 4.78 is 13.7. The Labute approximate surface area is 149 Å². The monoisotopic (exact) mass is 343 g/mol. The van der Waals surface area contributed by atoms with Gasteiger partial charge in [-0.05, 0) is 30.3 Å². The predicted molar refractivity (Wildman–Crippen MR) is 100 cm³/mol. The van der Waals surface area contributed by atoms with Crippen molar-refractivity contribution in [3.05, 3.63) is 84.3 Å². The van der Waals surface area contributed by atoms with Crippen LogP contribution in [-0.4, -0.2) is 21.2 Å². The molecule has 0 spiro atoms. The van der Waals surface area contributed by atoms with Gasteiger partial charge in [0.2, 0.25) is 0 Å². The minimum absolute atomic E-state index is 0.334. The van der Waals surface area contributed by atoms with Crippen LogP contribution in [0.1, 0.15) is 5.56 Å². The van der Waals surface area contributed by atoms with Gasteiger partial charge < -0.3 is 0 Å². The average molecular weight is 343 g/mol. The molecule has 2 aromatic heterocycles. The van der Waals surface area contributed by atoms with Gasteiger partial charge in [0.15, 0.2) is 11.6 Å². The number of rotatable bonds is 4. The molecule has 4 rings (SSSR count). The summed E-state index contributed by atoms with van der Waals surface area (Å²) in [7, 11) is 0. The summed E-state index contributed by atoms with van der Waals surface area (Å²) in [6.45, 7) is 0. The molecule has 0 aliphatic rings. The summed E-state index contributed by atoms with van der Waals surface area (Å²) in [5, 5.41) is 4.95. The molecular formula is C20H14FN5. The smallest absolute Gasteiger partial charge is 0.180 e. The molecule has 0 saturated carbocycles. The van der Waals surface area contributed by atoms with E-state index in [2.05, 4.69) is 25.5 Å². The molecule has 2 heterocycles. The van der Waals surface area contributed by atoms with Crippen molar-refractivity contribution in [2.75, 3.05) is 5.43 Å². The molecule has 0 atom stereocenters. The third kappa shape index (κ3) is 3.25. The van der Waals surface area contributed by atoms with Gasteiger partial charge in [-0.2, -0.15) is 5.10 Å². The maximum absolute atomic E-state index is 13.7. The van der Waals surface area contributed by atoms with Gasteiger partial charge in [0.05, 0.1) is 11.7 Å². The molecule has 0 aliphatic carbocycles.